The van der Waals surface area contributed by atoms with Gasteiger partial charge >= 0.3 is 0 Å². The van der Waals surface area contributed by atoms with Gasteiger partial charge in [-0.05, 0) is 30.2 Å². The second kappa shape index (κ2) is 6.11. The van der Waals surface area contributed by atoms with Crippen LogP contribution in [0.2, 0.25) is 0 Å². The van der Waals surface area contributed by atoms with Gasteiger partial charge in [-0.2, -0.15) is 0 Å². The molecule has 6 heteroatoms. The third kappa shape index (κ3) is 2.66. The number of amides is 1. The Labute approximate surface area is 146 Å². The third-order valence-corrected chi connectivity index (χ3v) is 5.36. The highest BCUT2D eigenvalue weighted by molar-refractivity contribution is 6.23. The molecule has 1 aromatic rings. The van der Waals surface area contributed by atoms with Crippen molar-refractivity contribution in [2.45, 2.75) is 25.4 Å². The van der Waals surface area contributed by atoms with Crippen molar-refractivity contribution in [2.24, 2.45) is 0 Å². The van der Waals surface area contributed by atoms with Crippen LogP contribution in [0.4, 0.5) is 5.69 Å². The van der Waals surface area contributed by atoms with E-state index in [9.17, 15) is 14.4 Å². The summed E-state index contributed by atoms with van der Waals surface area (Å²) in [6.07, 6.45) is 0.669. The molecule has 0 radical (unpaired) electrons. The van der Waals surface area contributed by atoms with E-state index in [1.807, 2.05) is 12.1 Å². The van der Waals surface area contributed by atoms with Crippen LogP contribution in [-0.2, 0) is 16.1 Å². The van der Waals surface area contributed by atoms with Crippen LogP contribution in [0.3, 0.4) is 0 Å². The summed E-state index contributed by atoms with van der Waals surface area (Å²) in [5.41, 5.74) is 2.76. The number of piperazine rings is 1. The lowest BCUT2D eigenvalue weighted by molar-refractivity contribution is -0.127. The van der Waals surface area contributed by atoms with Crippen LogP contribution >= 0.6 is 0 Å². The SMILES string of the molecule is C=C1C(=O)CCC(N2Cc3cc(N4CCNCC4)ccc3C2=O)C1=O. The quantitative estimate of drug-likeness (QED) is 0.641. The molecule has 130 valence electrons. The first-order chi connectivity index (χ1) is 12.1. The molecule has 1 atom stereocenters. The fraction of sp³-hybridized carbons (Fsp3) is 0.421. The van der Waals surface area contributed by atoms with Crippen LogP contribution in [0.5, 0.6) is 0 Å². The third-order valence-electron chi connectivity index (χ3n) is 5.36. The predicted molar refractivity (Wildman–Crippen MR) is 93.6 cm³/mol. The maximum atomic E-state index is 12.8. The fourth-order valence-electron chi connectivity index (χ4n) is 3.89. The number of hydrogen-bond acceptors (Lipinski definition) is 5. The van der Waals surface area contributed by atoms with Crippen LogP contribution in [0.15, 0.2) is 30.4 Å². The van der Waals surface area contributed by atoms with Gasteiger partial charge < -0.3 is 15.1 Å². The number of rotatable bonds is 2. The molecule has 25 heavy (non-hydrogen) atoms. The molecule has 1 saturated carbocycles. The lowest BCUT2D eigenvalue weighted by Crippen LogP contribution is -2.45. The number of fused-ring (bicyclic) bond motifs is 1. The van der Waals surface area contributed by atoms with Crippen LogP contribution in [-0.4, -0.2) is 54.6 Å². The summed E-state index contributed by atoms with van der Waals surface area (Å²) in [4.78, 5) is 40.7. The van der Waals surface area contributed by atoms with E-state index in [2.05, 4.69) is 22.9 Å². The molecule has 0 aromatic heterocycles. The Morgan fingerprint density at radius 2 is 1.88 bits per heavy atom. The highest BCUT2D eigenvalue weighted by Gasteiger charge is 2.40. The monoisotopic (exact) mass is 339 g/mol. The first-order valence-corrected chi connectivity index (χ1v) is 8.72. The van der Waals surface area contributed by atoms with E-state index in [1.54, 1.807) is 4.90 Å². The minimum atomic E-state index is -0.562. The van der Waals surface area contributed by atoms with E-state index >= 15 is 0 Å². The molecule has 4 rings (SSSR count). The molecule has 1 aromatic carbocycles. The Bertz CT molecular complexity index is 780. The maximum absolute atomic E-state index is 12.8. The molecular weight excluding hydrogens is 318 g/mol. The Balaban J connectivity index is 1.57. The number of Topliss-reactive ketones (excluding diaryl/α,β-unsaturated/α-hetero) is 2. The minimum absolute atomic E-state index is 0.0292. The van der Waals surface area contributed by atoms with Gasteiger partial charge in [0.15, 0.2) is 11.6 Å². The summed E-state index contributed by atoms with van der Waals surface area (Å²) < 4.78 is 0. The van der Waals surface area contributed by atoms with Crippen molar-refractivity contribution in [1.82, 2.24) is 10.2 Å². The number of hydrogen-bond donors (Lipinski definition) is 1. The Morgan fingerprint density at radius 1 is 1.12 bits per heavy atom. The van der Waals surface area contributed by atoms with Gasteiger partial charge in [0.1, 0.15) is 0 Å². The first kappa shape index (κ1) is 16.0. The second-order valence-corrected chi connectivity index (χ2v) is 6.83. The zero-order valence-electron chi connectivity index (χ0n) is 14.1. The molecule has 1 saturated heterocycles. The smallest absolute Gasteiger partial charge is 0.255 e. The van der Waals surface area contributed by atoms with Crippen LogP contribution in [0, 0.1) is 0 Å². The Morgan fingerprint density at radius 3 is 2.64 bits per heavy atom. The largest absolute Gasteiger partial charge is 0.369 e. The normalized spacial score (nSPS) is 24.1. The highest BCUT2D eigenvalue weighted by Crippen LogP contribution is 2.32. The van der Waals surface area contributed by atoms with Gasteiger partial charge in [0.25, 0.3) is 5.91 Å². The molecule has 2 aliphatic heterocycles. The molecule has 1 aliphatic carbocycles. The summed E-state index contributed by atoms with van der Waals surface area (Å²) in [6.45, 7) is 7.81. The summed E-state index contributed by atoms with van der Waals surface area (Å²) in [5, 5.41) is 3.33. The highest BCUT2D eigenvalue weighted by atomic mass is 16.2. The molecular formula is C19H21N3O3. The van der Waals surface area contributed by atoms with Crippen molar-refractivity contribution in [1.29, 1.82) is 0 Å². The lowest BCUT2D eigenvalue weighted by Gasteiger charge is -2.30. The number of nitrogens with zero attached hydrogens (tertiary/aromatic N) is 2. The number of anilines is 1. The molecule has 6 nitrogen and oxygen atoms in total. The molecule has 3 aliphatic rings. The molecule has 1 unspecified atom stereocenters. The van der Waals surface area contributed by atoms with Crippen molar-refractivity contribution in [2.75, 3.05) is 31.1 Å². The Hall–Kier alpha value is -2.47. The van der Waals surface area contributed by atoms with Crippen molar-refractivity contribution >= 4 is 23.2 Å². The summed E-state index contributed by atoms with van der Waals surface area (Å²) in [7, 11) is 0. The second-order valence-electron chi connectivity index (χ2n) is 6.83. The van der Waals surface area contributed by atoms with E-state index < -0.39 is 6.04 Å². The number of nitrogens with one attached hydrogen (secondary N) is 1. The topological polar surface area (TPSA) is 69.7 Å². The fourth-order valence-corrected chi connectivity index (χ4v) is 3.89. The van der Waals surface area contributed by atoms with Gasteiger partial charge in [-0.15, -0.1) is 0 Å². The van der Waals surface area contributed by atoms with Crippen molar-refractivity contribution in [3.05, 3.63) is 41.5 Å². The summed E-state index contributed by atoms with van der Waals surface area (Å²) in [6, 6.07) is 5.35. The summed E-state index contributed by atoms with van der Waals surface area (Å²) >= 11 is 0. The van der Waals surface area contributed by atoms with Gasteiger partial charge in [0.2, 0.25) is 0 Å². The number of carbonyl (C=O) groups excluding carboxylic acids is 3. The van der Waals surface area contributed by atoms with Crippen molar-refractivity contribution in [3.63, 3.8) is 0 Å². The van der Waals surface area contributed by atoms with E-state index in [1.165, 1.54) is 0 Å². The minimum Gasteiger partial charge on any atom is -0.369 e. The average Bonchev–Trinajstić information content (AvgIpc) is 2.96. The lowest BCUT2D eigenvalue weighted by atomic mass is 9.88. The molecule has 1 amide bonds. The number of benzene rings is 1. The van der Waals surface area contributed by atoms with Crippen LogP contribution < -0.4 is 10.2 Å². The van der Waals surface area contributed by atoms with E-state index in [-0.39, 0.29) is 29.5 Å². The first-order valence-electron chi connectivity index (χ1n) is 8.72. The predicted octanol–water partition coefficient (Wildman–Crippen LogP) is 0.909. The van der Waals surface area contributed by atoms with Gasteiger partial charge in [0, 0.05) is 50.4 Å². The Kier molecular flexibility index (Phi) is 3.92. The molecule has 2 heterocycles. The van der Waals surface area contributed by atoms with Gasteiger partial charge in [-0.25, -0.2) is 0 Å². The number of ketones is 2. The zero-order chi connectivity index (χ0) is 17.6. The average molecular weight is 339 g/mol. The van der Waals surface area contributed by atoms with E-state index in [0.29, 0.717) is 18.5 Å². The van der Waals surface area contributed by atoms with Crippen molar-refractivity contribution in [3.8, 4) is 0 Å². The summed E-state index contributed by atoms with van der Waals surface area (Å²) in [5.74, 6) is -0.631. The zero-order valence-corrected chi connectivity index (χ0v) is 14.1. The number of carbonyl (C=O) groups is 3. The molecule has 0 bridgehead atoms. The van der Waals surface area contributed by atoms with E-state index in [4.69, 9.17) is 0 Å². The molecule has 2 fully saturated rings. The van der Waals surface area contributed by atoms with Crippen LogP contribution in [0.25, 0.3) is 0 Å². The van der Waals surface area contributed by atoms with Gasteiger partial charge in [-0.1, -0.05) is 6.58 Å². The van der Waals surface area contributed by atoms with Crippen LogP contribution in [0.1, 0.15) is 28.8 Å². The van der Waals surface area contributed by atoms with Gasteiger partial charge in [0.05, 0.1) is 11.6 Å². The molecule has 1 N–H and O–H groups in total. The standard InChI is InChI=1S/C19H21N3O3/c1-12-17(23)5-4-16(18(12)24)22-11-13-10-14(2-3-15(13)19(22)25)21-8-6-20-7-9-21/h2-3,10,16,20H,1,4-9,11H2. The van der Waals surface area contributed by atoms with Gasteiger partial charge in [-0.3, -0.25) is 14.4 Å². The molecule has 0 spiro atoms. The van der Waals surface area contributed by atoms with E-state index in [0.717, 1.165) is 37.4 Å². The van der Waals surface area contributed by atoms with Crippen molar-refractivity contribution < 1.29 is 14.4 Å². The maximum Gasteiger partial charge on any atom is 0.255 e.